The van der Waals surface area contributed by atoms with Gasteiger partial charge in [0.2, 0.25) is 15.9 Å². The van der Waals surface area contributed by atoms with Gasteiger partial charge in [-0.3, -0.25) is 4.79 Å². The number of rotatable bonds is 4. The highest BCUT2D eigenvalue weighted by Crippen LogP contribution is 2.24. The zero-order valence-electron chi connectivity index (χ0n) is 13.7. The van der Waals surface area contributed by atoms with Crippen LogP contribution in [0.1, 0.15) is 28.7 Å². The molecule has 6 heteroatoms. The van der Waals surface area contributed by atoms with Crippen LogP contribution in [0, 0.1) is 13.8 Å². The van der Waals surface area contributed by atoms with Gasteiger partial charge in [-0.15, -0.1) is 0 Å². The van der Waals surface area contributed by atoms with E-state index in [0.29, 0.717) is 17.7 Å². The Balaban J connectivity index is 1.78. The molecule has 5 nitrogen and oxygen atoms in total. The molecule has 0 aromatic heterocycles. The summed E-state index contributed by atoms with van der Waals surface area (Å²) < 4.78 is 27.7. The van der Waals surface area contributed by atoms with E-state index in [0.717, 1.165) is 27.9 Å². The molecule has 0 radical (unpaired) electrons. The summed E-state index contributed by atoms with van der Waals surface area (Å²) >= 11 is 0. The highest BCUT2D eigenvalue weighted by atomic mass is 32.2. The summed E-state index contributed by atoms with van der Waals surface area (Å²) in [4.78, 5) is 11.7. The quantitative estimate of drug-likeness (QED) is 0.895. The molecule has 0 fully saturated rings. The second kappa shape index (κ2) is 6.37. The van der Waals surface area contributed by atoms with Crippen LogP contribution >= 0.6 is 0 Å². The maximum absolute atomic E-state index is 12.5. The summed E-state index contributed by atoms with van der Waals surface area (Å²) in [7, 11) is -3.56. The lowest BCUT2D eigenvalue weighted by Gasteiger charge is -2.18. The van der Waals surface area contributed by atoms with Gasteiger partial charge in [0.05, 0.1) is 4.90 Å². The van der Waals surface area contributed by atoms with E-state index in [2.05, 4.69) is 10.0 Å². The molecule has 2 aromatic rings. The fourth-order valence-corrected chi connectivity index (χ4v) is 4.14. The lowest BCUT2D eigenvalue weighted by molar-refractivity contribution is -0.116. The normalized spacial score (nSPS) is 14.2. The van der Waals surface area contributed by atoms with Crippen molar-refractivity contribution >= 4 is 21.6 Å². The van der Waals surface area contributed by atoms with Crippen molar-refractivity contribution in [2.24, 2.45) is 0 Å². The minimum absolute atomic E-state index is 0.0193. The Morgan fingerprint density at radius 3 is 2.67 bits per heavy atom. The number of amides is 1. The summed E-state index contributed by atoms with van der Waals surface area (Å²) in [6, 6.07) is 11.0. The summed E-state index contributed by atoms with van der Waals surface area (Å²) in [5.41, 5.74) is 4.36. The Labute approximate surface area is 142 Å². The molecule has 0 saturated heterocycles. The van der Waals surface area contributed by atoms with Crippen molar-refractivity contribution in [3.63, 3.8) is 0 Å². The Kier molecular flexibility index (Phi) is 4.43. The van der Waals surface area contributed by atoms with Crippen LogP contribution in [0.15, 0.2) is 41.3 Å². The van der Waals surface area contributed by atoms with Gasteiger partial charge in [0.15, 0.2) is 0 Å². The number of nitrogens with one attached hydrogen (secondary N) is 2. The topological polar surface area (TPSA) is 75.3 Å². The fourth-order valence-electron chi connectivity index (χ4n) is 2.80. The number of anilines is 1. The largest absolute Gasteiger partial charge is 0.326 e. The Bertz CT molecular complexity index is 904. The minimum Gasteiger partial charge on any atom is -0.326 e. The van der Waals surface area contributed by atoms with Gasteiger partial charge in [-0.2, -0.15) is 0 Å². The first-order valence-electron chi connectivity index (χ1n) is 7.84. The van der Waals surface area contributed by atoms with Crippen LogP contribution in [0.25, 0.3) is 0 Å². The molecule has 0 aliphatic carbocycles. The number of carbonyl (C=O) groups excluding carboxylic acids is 1. The number of fused-ring (bicyclic) bond motifs is 1. The van der Waals surface area contributed by atoms with Crippen molar-refractivity contribution < 1.29 is 13.2 Å². The molecule has 24 heavy (non-hydrogen) atoms. The van der Waals surface area contributed by atoms with Crippen molar-refractivity contribution in [3.8, 4) is 0 Å². The zero-order chi connectivity index (χ0) is 17.3. The van der Waals surface area contributed by atoms with Crippen LogP contribution < -0.4 is 10.0 Å². The average Bonchev–Trinajstić information content (AvgIpc) is 2.55. The lowest BCUT2D eigenvalue weighted by Crippen LogP contribution is -2.24. The maximum atomic E-state index is 12.5. The molecule has 0 bridgehead atoms. The zero-order valence-corrected chi connectivity index (χ0v) is 14.5. The summed E-state index contributed by atoms with van der Waals surface area (Å²) in [6.45, 7) is 3.88. The molecule has 1 amide bonds. The standard InChI is InChI=1S/C18H20N2O3S/c1-12-3-4-13(2)17(9-12)24(22,23)19-11-14-5-7-16-15(10-14)6-8-18(21)20-16/h3-5,7,9-10,19H,6,8,11H2,1-2H3,(H,20,21). The Morgan fingerprint density at radius 2 is 1.88 bits per heavy atom. The summed E-state index contributed by atoms with van der Waals surface area (Å²) in [5, 5.41) is 2.82. The van der Waals surface area contributed by atoms with E-state index in [1.165, 1.54) is 0 Å². The second-order valence-corrected chi connectivity index (χ2v) is 7.87. The molecule has 0 spiro atoms. The van der Waals surface area contributed by atoms with E-state index >= 15 is 0 Å². The van der Waals surface area contributed by atoms with Crippen LogP contribution in [0.3, 0.4) is 0 Å². The van der Waals surface area contributed by atoms with Crippen molar-refractivity contribution in [2.75, 3.05) is 5.32 Å². The molecule has 1 aliphatic heterocycles. The highest BCUT2D eigenvalue weighted by Gasteiger charge is 2.18. The molecule has 0 atom stereocenters. The van der Waals surface area contributed by atoms with E-state index < -0.39 is 10.0 Å². The molecule has 2 N–H and O–H groups in total. The predicted molar refractivity (Wildman–Crippen MR) is 93.3 cm³/mol. The third-order valence-electron chi connectivity index (χ3n) is 4.16. The van der Waals surface area contributed by atoms with Crippen molar-refractivity contribution in [1.82, 2.24) is 4.72 Å². The van der Waals surface area contributed by atoms with E-state index in [-0.39, 0.29) is 12.5 Å². The van der Waals surface area contributed by atoms with Gasteiger partial charge >= 0.3 is 0 Å². The molecule has 3 rings (SSSR count). The number of benzene rings is 2. The number of hydrogen-bond donors (Lipinski definition) is 2. The molecule has 126 valence electrons. The van der Waals surface area contributed by atoms with Crippen LogP contribution in [0.2, 0.25) is 0 Å². The van der Waals surface area contributed by atoms with E-state index in [1.807, 2.05) is 37.3 Å². The van der Waals surface area contributed by atoms with Crippen LogP contribution in [0.4, 0.5) is 5.69 Å². The van der Waals surface area contributed by atoms with E-state index in [1.54, 1.807) is 13.0 Å². The number of aryl methyl sites for hydroxylation is 3. The van der Waals surface area contributed by atoms with Gasteiger partial charge in [-0.25, -0.2) is 13.1 Å². The van der Waals surface area contributed by atoms with Crippen molar-refractivity contribution in [3.05, 3.63) is 58.7 Å². The van der Waals surface area contributed by atoms with Gasteiger partial charge < -0.3 is 5.32 Å². The average molecular weight is 344 g/mol. The van der Waals surface area contributed by atoms with E-state index in [9.17, 15) is 13.2 Å². The predicted octanol–water partition coefficient (Wildman–Crippen LogP) is 2.67. The fraction of sp³-hybridized carbons (Fsp3) is 0.278. The van der Waals surface area contributed by atoms with Gasteiger partial charge in [0.1, 0.15) is 0 Å². The lowest BCUT2D eigenvalue weighted by atomic mass is 10.0. The van der Waals surface area contributed by atoms with Crippen molar-refractivity contribution in [2.45, 2.75) is 38.1 Å². The minimum atomic E-state index is -3.56. The Morgan fingerprint density at radius 1 is 1.08 bits per heavy atom. The molecule has 2 aromatic carbocycles. The summed E-state index contributed by atoms with van der Waals surface area (Å²) in [6.07, 6.45) is 1.14. The molecule has 1 aliphatic rings. The summed E-state index contributed by atoms with van der Waals surface area (Å²) in [5.74, 6) is 0.0193. The molecule has 0 unspecified atom stereocenters. The third-order valence-corrected chi connectivity index (χ3v) is 5.71. The van der Waals surface area contributed by atoms with Crippen LogP contribution in [-0.2, 0) is 27.8 Å². The number of carbonyl (C=O) groups is 1. The molecular formula is C18H20N2O3S. The van der Waals surface area contributed by atoms with Crippen LogP contribution in [-0.4, -0.2) is 14.3 Å². The first-order valence-corrected chi connectivity index (χ1v) is 9.32. The highest BCUT2D eigenvalue weighted by molar-refractivity contribution is 7.89. The van der Waals surface area contributed by atoms with Crippen molar-refractivity contribution in [1.29, 1.82) is 0 Å². The smallest absolute Gasteiger partial charge is 0.241 e. The van der Waals surface area contributed by atoms with E-state index in [4.69, 9.17) is 0 Å². The Hall–Kier alpha value is -2.18. The molecular weight excluding hydrogens is 324 g/mol. The van der Waals surface area contributed by atoms with Gasteiger partial charge in [-0.05, 0) is 54.7 Å². The SMILES string of the molecule is Cc1ccc(C)c(S(=O)(=O)NCc2ccc3c(c2)CCC(=O)N3)c1. The third kappa shape index (κ3) is 3.49. The number of sulfonamides is 1. The van der Waals surface area contributed by atoms with Gasteiger partial charge in [0, 0.05) is 18.7 Å². The van der Waals surface area contributed by atoms with Crippen LogP contribution in [0.5, 0.6) is 0 Å². The number of hydrogen-bond acceptors (Lipinski definition) is 3. The second-order valence-electron chi connectivity index (χ2n) is 6.13. The molecule has 1 heterocycles. The van der Waals surface area contributed by atoms with Gasteiger partial charge in [0.25, 0.3) is 0 Å². The maximum Gasteiger partial charge on any atom is 0.241 e. The molecule has 0 saturated carbocycles. The first-order chi connectivity index (χ1) is 11.3. The van der Waals surface area contributed by atoms with Gasteiger partial charge in [-0.1, -0.05) is 24.3 Å². The first kappa shape index (κ1) is 16.7. The monoisotopic (exact) mass is 344 g/mol.